The molecule has 7 nitrogen and oxygen atoms in total. The molecule has 2 heterocycles. The number of anilines is 1. The van der Waals surface area contributed by atoms with Gasteiger partial charge in [0.1, 0.15) is 11.5 Å². The van der Waals surface area contributed by atoms with E-state index < -0.39 is 0 Å². The van der Waals surface area contributed by atoms with Crippen molar-refractivity contribution in [3.63, 3.8) is 0 Å². The summed E-state index contributed by atoms with van der Waals surface area (Å²) in [7, 11) is 3.16. The minimum absolute atomic E-state index is 0.0181. The van der Waals surface area contributed by atoms with E-state index in [0.29, 0.717) is 41.1 Å². The molecule has 0 bridgehead atoms. The highest BCUT2D eigenvalue weighted by Gasteiger charge is 2.35. The Morgan fingerprint density at radius 1 is 1.14 bits per heavy atom. The van der Waals surface area contributed by atoms with Crippen molar-refractivity contribution in [2.45, 2.75) is 12.3 Å². The molecule has 1 aliphatic rings. The average molecular weight is 400 g/mol. The van der Waals surface area contributed by atoms with Gasteiger partial charge in [0, 0.05) is 24.2 Å². The van der Waals surface area contributed by atoms with E-state index in [4.69, 9.17) is 25.6 Å². The first-order chi connectivity index (χ1) is 13.6. The van der Waals surface area contributed by atoms with Crippen LogP contribution in [0.25, 0.3) is 11.4 Å². The number of nitrogens with zero attached hydrogens (tertiary/aromatic N) is 3. The van der Waals surface area contributed by atoms with Crippen LogP contribution in [-0.4, -0.2) is 36.8 Å². The third-order valence-electron chi connectivity index (χ3n) is 4.71. The van der Waals surface area contributed by atoms with Crippen molar-refractivity contribution in [1.82, 2.24) is 10.1 Å². The van der Waals surface area contributed by atoms with E-state index in [1.54, 1.807) is 31.3 Å². The van der Waals surface area contributed by atoms with Gasteiger partial charge in [-0.3, -0.25) is 4.79 Å². The lowest BCUT2D eigenvalue weighted by molar-refractivity contribution is -0.117. The molecule has 0 aliphatic carbocycles. The quantitative estimate of drug-likeness (QED) is 0.647. The van der Waals surface area contributed by atoms with Crippen LogP contribution in [0.5, 0.6) is 11.5 Å². The van der Waals surface area contributed by atoms with E-state index in [2.05, 4.69) is 10.1 Å². The van der Waals surface area contributed by atoms with Gasteiger partial charge in [-0.15, -0.1) is 0 Å². The maximum Gasteiger partial charge on any atom is 0.232 e. The maximum atomic E-state index is 12.5. The molecule has 28 heavy (non-hydrogen) atoms. The van der Waals surface area contributed by atoms with E-state index in [1.807, 2.05) is 30.3 Å². The maximum absolute atomic E-state index is 12.5. The molecule has 3 aromatic rings. The van der Waals surface area contributed by atoms with Crippen LogP contribution in [0.4, 0.5) is 5.69 Å². The van der Waals surface area contributed by atoms with Crippen LogP contribution in [0.15, 0.2) is 47.0 Å². The summed E-state index contributed by atoms with van der Waals surface area (Å²) in [5.74, 6) is 2.05. The number of amides is 1. The van der Waals surface area contributed by atoms with Gasteiger partial charge in [-0.1, -0.05) is 16.8 Å². The minimum Gasteiger partial charge on any atom is -0.497 e. The molecule has 4 rings (SSSR count). The van der Waals surface area contributed by atoms with E-state index in [9.17, 15) is 4.79 Å². The standard InChI is InChI=1S/C20H18ClN3O4/c1-26-15-6-3-12(4-7-15)19-22-20(28-23-19)13-9-18(25)24(11-13)14-5-8-17(27-2)16(21)10-14/h3-8,10,13H,9,11H2,1-2H3/t13-/m1/s1. The van der Waals surface area contributed by atoms with E-state index >= 15 is 0 Å². The summed E-state index contributed by atoms with van der Waals surface area (Å²) in [6.07, 6.45) is 0.299. The topological polar surface area (TPSA) is 77.7 Å². The van der Waals surface area contributed by atoms with Crippen LogP contribution in [0.3, 0.4) is 0 Å². The molecular weight excluding hydrogens is 382 g/mol. The highest BCUT2D eigenvalue weighted by Crippen LogP contribution is 2.35. The van der Waals surface area contributed by atoms with Crippen molar-refractivity contribution >= 4 is 23.2 Å². The van der Waals surface area contributed by atoms with Gasteiger partial charge in [0.15, 0.2) is 0 Å². The van der Waals surface area contributed by atoms with Crippen molar-refractivity contribution in [1.29, 1.82) is 0 Å². The molecule has 144 valence electrons. The molecule has 0 radical (unpaired) electrons. The Morgan fingerprint density at radius 2 is 1.93 bits per heavy atom. The third-order valence-corrected chi connectivity index (χ3v) is 5.01. The highest BCUT2D eigenvalue weighted by atomic mass is 35.5. The molecule has 0 spiro atoms. The van der Waals surface area contributed by atoms with Crippen LogP contribution in [0.1, 0.15) is 18.2 Å². The summed E-state index contributed by atoms with van der Waals surface area (Å²) in [6, 6.07) is 12.7. The predicted molar refractivity (Wildman–Crippen MR) is 104 cm³/mol. The monoisotopic (exact) mass is 399 g/mol. The molecule has 1 aliphatic heterocycles. The minimum atomic E-state index is -0.173. The molecular formula is C20H18ClN3O4. The highest BCUT2D eigenvalue weighted by molar-refractivity contribution is 6.32. The van der Waals surface area contributed by atoms with Crippen LogP contribution >= 0.6 is 11.6 Å². The third kappa shape index (κ3) is 3.41. The van der Waals surface area contributed by atoms with Gasteiger partial charge in [0.25, 0.3) is 0 Å². The Balaban J connectivity index is 1.52. The van der Waals surface area contributed by atoms with Crippen LogP contribution in [0, 0.1) is 0 Å². The van der Waals surface area contributed by atoms with Crippen molar-refractivity contribution in [2.24, 2.45) is 0 Å². The number of halogens is 1. The first kappa shape index (κ1) is 18.3. The lowest BCUT2D eigenvalue weighted by Gasteiger charge is -2.17. The zero-order chi connectivity index (χ0) is 19.7. The number of benzene rings is 2. The van der Waals surface area contributed by atoms with Gasteiger partial charge >= 0.3 is 0 Å². The zero-order valence-corrected chi connectivity index (χ0v) is 16.1. The summed E-state index contributed by atoms with van der Waals surface area (Å²) in [6.45, 7) is 0.450. The van der Waals surface area contributed by atoms with Gasteiger partial charge < -0.3 is 18.9 Å². The molecule has 1 aromatic heterocycles. The molecule has 0 unspecified atom stereocenters. The number of ether oxygens (including phenoxy) is 2. The van der Waals surface area contributed by atoms with Crippen molar-refractivity contribution in [3.05, 3.63) is 53.4 Å². The number of carbonyl (C=O) groups excluding carboxylic acids is 1. The largest absolute Gasteiger partial charge is 0.497 e. The van der Waals surface area contributed by atoms with E-state index in [0.717, 1.165) is 11.3 Å². The Hall–Kier alpha value is -3.06. The van der Waals surface area contributed by atoms with Gasteiger partial charge in [-0.2, -0.15) is 4.98 Å². The number of carbonyl (C=O) groups is 1. The first-order valence-electron chi connectivity index (χ1n) is 8.71. The second-order valence-corrected chi connectivity index (χ2v) is 6.82. The number of rotatable bonds is 5. The lowest BCUT2D eigenvalue weighted by Crippen LogP contribution is -2.24. The SMILES string of the molecule is COc1ccc(-c2noc([C@@H]3CC(=O)N(c4ccc(OC)c(Cl)c4)C3)n2)cc1. The molecule has 0 N–H and O–H groups in total. The second-order valence-electron chi connectivity index (χ2n) is 6.41. The van der Waals surface area contributed by atoms with E-state index in [1.165, 1.54) is 0 Å². The summed E-state index contributed by atoms with van der Waals surface area (Å²) in [4.78, 5) is 18.7. The molecule has 1 amide bonds. The Labute approximate surface area is 166 Å². The lowest BCUT2D eigenvalue weighted by atomic mass is 10.1. The summed E-state index contributed by atoms with van der Waals surface area (Å²) in [5.41, 5.74) is 1.53. The van der Waals surface area contributed by atoms with Crippen LogP contribution in [0.2, 0.25) is 5.02 Å². The molecule has 1 saturated heterocycles. The van der Waals surface area contributed by atoms with E-state index in [-0.39, 0.29) is 11.8 Å². The second kappa shape index (κ2) is 7.52. The fraction of sp³-hybridized carbons (Fsp3) is 0.250. The van der Waals surface area contributed by atoms with Gasteiger partial charge in [-0.05, 0) is 42.5 Å². The number of hydrogen-bond acceptors (Lipinski definition) is 6. The average Bonchev–Trinajstić information content (AvgIpc) is 3.35. The normalized spacial score (nSPS) is 16.5. The molecule has 0 saturated carbocycles. The number of aromatic nitrogens is 2. The van der Waals surface area contributed by atoms with Crippen molar-refractivity contribution < 1.29 is 18.8 Å². The first-order valence-corrected chi connectivity index (χ1v) is 9.08. The Morgan fingerprint density at radius 3 is 2.61 bits per heavy atom. The zero-order valence-electron chi connectivity index (χ0n) is 15.4. The molecule has 8 heteroatoms. The Bertz CT molecular complexity index is 1000. The van der Waals surface area contributed by atoms with Gasteiger partial charge in [-0.25, -0.2) is 0 Å². The van der Waals surface area contributed by atoms with Crippen molar-refractivity contribution in [2.75, 3.05) is 25.7 Å². The summed E-state index contributed by atoms with van der Waals surface area (Å²) >= 11 is 6.19. The number of methoxy groups -OCH3 is 2. The van der Waals surface area contributed by atoms with Crippen molar-refractivity contribution in [3.8, 4) is 22.9 Å². The van der Waals surface area contributed by atoms with Crippen LogP contribution in [-0.2, 0) is 4.79 Å². The number of hydrogen-bond donors (Lipinski definition) is 0. The predicted octanol–water partition coefficient (Wildman–Crippen LogP) is 3.93. The fourth-order valence-corrected chi connectivity index (χ4v) is 3.46. The fourth-order valence-electron chi connectivity index (χ4n) is 3.20. The smallest absolute Gasteiger partial charge is 0.232 e. The summed E-state index contributed by atoms with van der Waals surface area (Å²) < 4.78 is 15.8. The molecule has 2 aromatic carbocycles. The molecule has 1 fully saturated rings. The Kier molecular flexibility index (Phi) is 4.92. The summed E-state index contributed by atoms with van der Waals surface area (Å²) in [5, 5.41) is 4.51. The molecule has 1 atom stereocenters. The van der Waals surface area contributed by atoms with Crippen LogP contribution < -0.4 is 14.4 Å². The van der Waals surface area contributed by atoms with Gasteiger partial charge in [0.2, 0.25) is 17.6 Å². The van der Waals surface area contributed by atoms with Gasteiger partial charge in [0.05, 0.1) is 25.2 Å².